The maximum absolute atomic E-state index is 4.06. The molecule has 0 saturated carbocycles. The van der Waals surface area contributed by atoms with E-state index in [1.165, 1.54) is 10.9 Å². The van der Waals surface area contributed by atoms with Gasteiger partial charge >= 0.3 is 39.3 Å². The maximum Gasteiger partial charge on any atom is 0.0992 e. The molecule has 2 heterocycles. The molecule has 0 aliphatic heterocycles. The molecule has 0 amide bonds. The van der Waals surface area contributed by atoms with E-state index < -0.39 is 0 Å². The van der Waals surface area contributed by atoms with Crippen molar-refractivity contribution in [2.24, 2.45) is 0 Å². The van der Waals surface area contributed by atoms with Crippen molar-refractivity contribution in [2.75, 3.05) is 0 Å². The fraction of sp³-hybridized carbons (Fsp3) is 0. The summed E-state index contributed by atoms with van der Waals surface area (Å²) in [5.41, 5.74) is 2.16. The van der Waals surface area contributed by atoms with Gasteiger partial charge in [-0.1, -0.05) is 12.1 Å². The fourth-order valence-electron chi connectivity index (χ4n) is 1.70. The number of halogens is 2. The van der Waals surface area contributed by atoms with Gasteiger partial charge in [0, 0.05) is 24.8 Å². The summed E-state index contributed by atoms with van der Waals surface area (Å²) in [4.78, 5) is 8.12. The second-order valence-electron chi connectivity index (χ2n) is 3.47. The average molecular weight is 429 g/mol. The molecule has 0 fully saturated rings. The van der Waals surface area contributed by atoms with Crippen LogP contribution in [0.3, 0.4) is 0 Å². The van der Waals surface area contributed by atoms with Gasteiger partial charge in [-0.05, 0) is 12.1 Å². The summed E-state index contributed by atoms with van der Waals surface area (Å²) in [6.07, 6.45) is 11.0. The predicted molar refractivity (Wildman–Crippen MR) is 78.5 cm³/mol. The van der Waals surface area contributed by atoms with Crippen molar-refractivity contribution in [1.82, 2.24) is 19.1 Å². The Morgan fingerprint density at radius 1 is 0.842 bits per heavy atom. The number of para-hydroxylation sites is 2. The summed E-state index contributed by atoms with van der Waals surface area (Å²) in [6.45, 7) is 0. The molecule has 0 atom stereocenters. The first kappa shape index (κ1) is 14.5. The van der Waals surface area contributed by atoms with E-state index in [-0.39, 0.29) is 0 Å². The van der Waals surface area contributed by atoms with Gasteiger partial charge in [0.25, 0.3) is 0 Å². The average Bonchev–Trinajstić information content (AvgIpc) is 3.13. The second-order valence-corrected chi connectivity index (χ2v) is 8.46. The molecule has 4 nitrogen and oxygen atoms in total. The van der Waals surface area contributed by atoms with Crippen LogP contribution in [0.5, 0.6) is 0 Å². The van der Waals surface area contributed by atoms with Gasteiger partial charge in [-0.15, -0.1) is 0 Å². The van der Waals surface area contributed by atoms with E-state index in [1.54, 1.807) is 25.0 Å². The summed E-state index contributed by atoms with van der Waals surface area (Å²) in [5.74, 6) is 0. The van der Waals surface area contributed by atoms with Crippen LogP contribution >= 0.6 is 28.5 Å². The largest absolute Gasteiger partial charge is 0.304 e. The van der Waals surface area contributed by atoms with Gasteiger partial charge in [0.1, 0.15) is 0 Å². The molecule has 1 aromatic carbocycles. The van der Waals surface area contributed by atoms with Gasteiger partial charge in [0.05, 0.1) is 24.0 Å². The van der Waals surface area contributed by atoms with Gasteiger partial charge in [0.15, 0.2) is 0 Å². The van der Waals surface area contributed by atoms with Crippen molar-refractivity contribution in [3.63, 3.8) is 0 Å². The normalized spacial score (nSPS) is 10.0. The molecule has 0 saturated heterocycles. The number of rotatable bonds is 2. The second kappa shape index (κ2) is 7.63. The summed E-state index contributed by atoms with van der Waals surface area (Å²) in [5, 5.41) is 0. The van der Waals surface area contributed by atoms with Crippen LogP contribution in [0, 0.1) is 0 Å². The molecule has 2 aromatic heterocycles. The minimum Gasteiger partial charge on any atom is -0.304 e. The fourth-order valence-corrected chi connectivity index (χ4v) is 1.70. The van der Waals surface area contributed by atoms with Crippen LogP contribution in [0.2, 0.25) is 0 Å². The summed E-state index contributed by atoms with van der Waals surface area (Å²) in [7, 11) is 1.25. The molecule has 19 heavy (non-hydrogen) atoms. The van der Waals surface area contributed by atoms with Crippen LogP contribution in [0.1, 0.15) is 0 Å². The van der Waals surface area contributed by atoms with Crippen LogP contribution in [0.15, 0.2) is 61.7 Å². The monoisotopic (exact) mass is 426 g/mol. The smallest absolute Gasteiger partial charge is 0.0992 e. The quantitative estimate of drug-likeness (QED) is 0.583. The molecule has 0 spiro atoms. The number of nitrogens with zero attached hydrogens (tertiary/aromatic N) is 4. The first-order valence-corrected chi connectivity index (χ1v) is 10.1. The van der Waals surface area contributed by atoms with Crippen molar-refractivity contribution in [3.8, 4) is 11.4 Å². The van der Waals surface area contributed by atoms with E-state index >= 15 is 0 Å². The van der Waals surface area contributed by atoms with Crippen molar-refractivity contribution in [3.05, 3.63) is 61.7 Å². The third-order valence-corrected chi connectivity index (χ3v) is 2.45. The molecule has 0 bridgehead atoms. The van der Waals surface area contributed by atoms with Crippen LogP contribution in [-0.2, 0) is 10.9 Å². The molecule has 102 valence electrons. The van der Waals surface area contributed by atoms with Gasteiger partial charge in [-0.25, -0.2) is 9.97 Å². The Morgan fingerprint density at radius 3 is 1.58 bits per heavy atom. The minimum atomic E-state index is 1.08. The topological polar surface area (TPSA) is 35.6 Å². The van der Waals surface area contributed by atoms with E-state index in [0.717, 1.165) is 11.4 Å². The Balaban J connectivity index is 0.000000408. The number of aromatic nitrogens is 4. The van der Waals surface area contributed by atoms with E-state index in [4.69, 9.17) is 0 Å². The molecule has 0 aliphatic rings. The van der Waals surface area contributed by atoms with Crippen molar-refractivity contribution < 1.29 is 10.9 Å². The number of imidazole rings is 2. The summed E-state index contributed by atoms with van der Waals surface area (Å²) >= 11 is 6.00. The molecule has 3 aromatic rings. The van der Waals surface area contributed by atoms with Crippen molar-refractivity contribution >= 4 is 28.5 Å². The molecule has 0 unspecified atom stereocenters. The Hall–Kier alpha value is -0.906. The molecule has 0 radical (unpaired) electrons. The van der Waals surface area contributed by atoms with E-state index in [1.807, 2.05) is 33.7 Å². The first-order valence-electron chi connectivity index (χ1n) is 5.25. The Labute approximate surface area is 131 Å². The van der Waals surface area contributed by atoms with Crippen LogP contribution in [0.4, 0.5) is 0 Å². The molecular weight excluding hydrogens is 419 g/mol. The predicted octanol–water partition coefficient (Wildman–Crippen LogP) is 3.75. The molecule has 0 aliphatic carbocycles. The Kier molecular flexibility index (Phi) is 5.82. The number of hydrogen-bond donors (Lipinski definition) is 0. The van der Waals surface area contributed by atoms with E-state index in [9.17, 15) is 0 Å². The zero-order valence-corrected chi connectivity index (χ0v) is 13.8. The van der Waals surface area contributed by atoms with Gasteiger partial charge in [-0.3, -0.25) is 0 Å². The first-order chi connectivity index (χ1) is 9.36. The van der Waals surface area contributed by atoms with Crippen LogP contribution in [0.25, 0.3) is 11.4 Å². The third kappa shape index (κ3) is 3.78. The summed E-state index contributed by atoms with van der Waals surface area (Å²) < 4.78 is 3.96. The zero-order valence-electron chi connectivity index (χ0n) is 9.63. The number of benzene rings is 1. The maximum atomic E-state index is 4.06. The minimum absolute atomic E-state index is 1.08. The molecule has 7 heteroatoms. The van der Waals surface area contributed by atoms with Gasteiger partial charge < -0.3 is 9.13 Å². The van der Waals surface area contributed by atoms with Crippen LogP contribution < -0.4 is 0 Å². The summed E-state index contributed by atoms with van der Waals surface area (Å²) in [6, 6.07) is 8.12. The Morgan fingerprint density at radius 2 is 1.26 bits per heavy atom. The van der Waals surface area contributed by atoms with Crippen molar-refractivity contribution in [1.29, 1.82) is 0 Å². The SMILES string of the molecule is [Br][Ni][Br].c1ccc(-n2ccnc2)c(-n2ccnc2)c1. The third-order valence-electron chi connectivity index (χ3n) is 2.45. The van der Waals surface area contributed by atoms with Gasteiger partial charge in [-0.2, -0.15) is 0 Å². The Bertz CT molecular complexity index is 543. The molecular formula is C12H10Br2N4Ni. The molecule has 0 N–H and O–H groups in total. The van der Waals surface area contributed by atoms with E-state index in [2.05, 4.69) is 50.6 Å². The standard InChI is InChI=1S/C12H10N4.2BrH.Ni/c1-2-4-12(16-8-6-14-10-16)11(3-1)15-7-5-13-9-15;;;/h1-10H;2*1H;/q;;;+2/p-2. The number of hydrogen-bond acceptors (Lipinski definition) is 2. The van der Waals surface area contributed by atoms with Crippen molar-refractivity contribution in [2.45, 2.75) is 0 Å². The van der Waals surface area contributed by atoms with E-state index in [0.29, 0.717) is 0 Å². The molecule has 3 rings (SSSR count). The van der Waals surface area contributed by atoms with Gasteiger partial charge in [0.2, 0.25) is 0 Å². The zero-order chi connectivity index (χ0) is 13.5. The van der Waals surface area contributed by atoms with Crippen LogP contribution in [-0.4, -0.2) is 19.1 Å².